The Morgan fingerprint density at radius 2 is 1.68 bits per heavy atom. The third-order valence-corrected chi connectivity index (χ3v) is 6.71. The summed E-state index contributed by atoms with van der Waals surface area (Å²) in [6.07, 6.45) is 1.64. The predicted molar refractivity (Wildman–Crippen MR) is 110 cm³/mol. The minimum atomic E-state index is -3.66. The predicted octanol–water partition coefficient (Wildman–Crippen LogP) is 5.46. The van der Waals surface area contributed by atoms with Gasteiger partial charge < -0.3 is 4.57 Å². The van der Waals surface area contributed by atoms with E-state index in [2.05, 4.69) is 0 Å². The number of nitrogens with zero attached hydrogens (tertiary/aromatic N) is 1. The number of halogens is 2. The highest BCUT2D eigenvalue weighted by atomic mass is 35.5. The van der Waals surface area contributed by atoms with Crippen molar-refractivity contribution in [3.8, 4) is 0 Å². The first-order valence-corrected chi connectivity index (χ1v) is 10.8. The Labute approximate surface area is 167 Å². The Hall–Kier alpha value is -2.63. The van der Waals surface area contributed by atoms with Gasteiger partial charge in [0.15, 0.2) is 9.84 Å². The van der Waals surface area contributed by atoms with Gasteiger partial charge in [-0.2, -0.15) is 0 Å². The Bertz CT molecular complexity index is 1260. The van der Waals surface area contributed by atoms with E-state index in [1.165, 1.54) is 18.2 Å². The lowest BCUT2D eigenvalue weighted by Crippen LogP contribution is -2.05. The van der Waals surface area contributed by atoms with Crippen LogP contribution in [0.3, 0.4) is 0 Å². The highest BCUT2D eigenvalue weighted by Crippen LogP contribution is 2.29. The Balaban J connectivity index is 1.78. The number of hydrogen-bond acceptors (Lipinski definition) is 2. The van der Waals surface area contributed by atoms with Crippen LogP contribution in [-0.4, -0.2) is 13.0 Å². The molecule has 1 aromatic heterocycles. The molecule has 3 aromatic carbocycles. The van der Waals surface area contributed by atoms with E-state index in [4.69, 9.17) is 11.6 Å². The van der Waals surface area contributed by atoms with Crippen molar-refractivity contribution in [3.05, 3.63) is 101 Å². The fourth-order valence-electron chi connectivity index (χ4n) is 3.33. The average molecular weight is 414 g/mol. The van der Waals surface area contributed by atoms with Gasteiger partial charge in [-0.15, -0.1) is 0 Å². The van der Waals surface area contributed by atoms with E-state index in [-0.39, 0.29) is 10.6 Å². The van der Waals surface area contributed by atoms with Gasteiger partial charge in [0, 0.05) is 28.7 Å². The van der Waals surface area contributed by atoms with E-state index in [1.54, 1.807) is 18.3 Å². The van der Waals surface area contributed by atoms with Crippen LogP contribution in [0.5, 0.6) is 0 Å². The molecule has 0 unspecified atom stereocenters. The summed E-state index contributed by atoms with van der Waals surface area (Å²) >= 11 is 6.28. The van der Waals surface area contributed by atoms with Gasteiger partial charge in [-0.1, -0.05) is 60.1 Å². The van der Waals surface area contributed by atoms with Gasteiger partial charge in [0.1, 0.15) is 5.82 Å². The SMILES string of the molecule is O=S(=O)(Cc1cccc(F)c1)c1cn(Cc2ccccc2Cl)c2ccccc12. The van der Waals surface area contributed by atoms with E-state index < -0.39 is 15.7 Å². The lowest BCUT2D eigenvalue weighted by Gasteiger charge is -2.07. The highest BCUT2D eigenvalue weighted by Gasteiger charge is 2.22. The fourth-order valence-corrected chi connectivity index (χ4v) is 5.09. The zero-order chi connectivity index (χ0) is 19.7. The topological polar surface area (TPSA) is 39.1 Å². The molecule has 0 aliphatic rings. The van der Waals surface area contributed by atoms with E-state index in [0.717, 1.165) is 11.1 Å². The molecule has 0 radical (unpaired) electrons. The molecule has 1 heterocycles. The van der Waals surface area contributed by atoms with Crippen LogP contribution in [0.15, 0.2) is 83.9 Å². The summed E-state index contributed by atoms with van der Waals surface area (Å²) in [5, 5.41) is 1.27. The monoisotopic (exact) mass is 413 g/mol. The first-order valence-electron chi connectivity index (χ1n) is 8.72. The number of rotatable bonds is 5. The van der Waals surface area contributed by atoms with Crippen LogP contribution >= 0.6 is 11.6 Å². The lowest BCUT2D eigenvalue weighted by molar-refractivity contribution is 0.595. The molecular formula is C22H17ClFNO2S. The summed E-state index contributed by atoms with van der Waals surface area (Å²) in [4.78, 5) is 0.236. The molecule has 142 valence electrons. The fraction of sp³-hybridized carbons (Fsp3) is 0.0909. The molecule has 0 atom stereocenters. The number of para-hydroxylation sites is 1. The molecule has 0 spiro atoms. The van der Waals surface area contributed by atoms with Crippen molar-refractivity contribution in [3.63, 3.8) is 0 Å². The van der Waals surface area contributed by atoms with Gasteiger partial charge in [-0.3, -0.25) is 0 Å². The Kier molecular flexibility index (Phi) is 4.96. The average Bonchev–Trinajstić information content (AvgIpc) is 3.03. The number of sulfone groups is 1. The summed E-state index contributed by atoms with van der Waals surface area (Å²) in [5.74, 6) is -0.709. The molecule has 3 nitrogen and oxygen atoms in total. The molecular weight excluding hydrogens is 397 g/mol. The van der Waals surface area contributed by atoms with Crippen molar-refractivity contribution in [1.82, 2.24) is 4.57 Å². The maximum atomic E-state index is 13.5. The largest absolute Gasteiger partial charge is 0.342 e. The summed E-state index contributed by atoms with van der Waals surface area (Å²) in [5.41, 5.74) is 2.13. The van der Waals surface area contributed by atoms with Crippen LogP contribution in [0.4, 0.5) is 4.39 Å². The van der Waals surface area contributed by atoms with Gasteiger partial charge in [0.25, 0.3) is 0 Å². The van der Waals surface area contributed by atoms with Gasteiger partial charge >= 0.3 is 0 Å². The third kappa shape index (κ3) is 3.68. The zero-order valence-corrected chi connectivity index (χ0v) is 16.4. The molecule has 0 N–H and O–H groups in total. The van der Waals surface area contributed by atoms with Crippen molar-refractivity contribution in [2.75, 3.05) is 0 Å². The lowest BCUT2D eigenvalue weighted by atomic mass is 10.2. The Morgan fingerprint density at radius 1 is 0.929 bits per heavy atom. The summed E-state index contributed by atoms with van der Waals surface area (Å²) < 4.78 is 41.5. The second-order valence-electron chi connectivity index (χ2n) is 6.62. The van der Waals surface area contributed by atoms with Gasteiger partial charge in [0.05, 0.1) is 10.6 Å². The minimum Gasteiger partial charge on any atom is -0.342 e. The van der Waals surface area contributed by atoms with Crippen molar-refractivity contribution < 1.29 is 12.8 Å². The number of fused-ring (bicyclic) bond motifs is 1. The zero-order valence-electron chi connectivity index (χ0n) is 14.8. The second-order valence-corrected chi connectivity index (χ2v) is 8.98. The quantitative estimate of drug-likeness (QED) is 0.436. The van der Waals surface area contributed by atoms with E-state index in [0.29, 0.717) is 22.5 Å². The van der Waals surface area contributed by atoms with E-state index in [1.807, 2.05) is 47.0 Å². The molecule has 0 aliphatic heterocycles. The van der Waals surface area contributed by atoms with Crippen LogP contribution in [0.1, 0.15) is 11.1 Å². The Morgan fingerprint density at radius 3 is 2.46 bits per heavy atom. The molecule has 0 saturated heterocycles. The molecule has 0 saturated carbocycles. The van der Waals surface area contributed by atoms with Crippen LogP contribution in [0, 0.1) is 5.82 Å². The maximum absolute atomic E-state index is 13.5. The van der Waals surface area contributed by atoms with Crippen molar-refractivity contribution in [2.45, 2.75) is 17.2 Å². The van der Waals surface area contributed by atoms with Crippen LogP contribution in [0.2, 0.25) is 5.02 Å². The van der Waals surface area contributed by atoms with Crippen molar-refractivity contribution in [2.24, 2.45) is 0 Å². The standard InChI is InChI=1S/C22H17ClFNO2S/c23-20-10-3-1-7-17(20)13-25-14-22(19-9-2-4-11-21(19)25)28(26,27)15-16-6-5-8-18(24)12-16/h1-12,14H,13,15H2. The molecule has 0 aliphatic carbocycles. The smallest absolute Gasteiger partial charge is 0.184 e. The molecule has 0 amide bonds. The normalized spacial score (nSPS) is 11.8. The summed E-state index contributed by atoms with van der Waals surface area (Å²) in [6, 6.07) is 20.5. The van der Waals surface area contributed by atoms with Gasteiger partial charge in [-0.05, 0) is 35.4 Å². The highest BCUT2D eigenvalue weighted by molar-refractivity contribution is 7.90. The number of aromatic nitrogens is 1. The van der Waals surface area contributed by atoms with Crippen LogP contribution < -0.4 is 0 Å². The molecule has 28 heavy (non-hydrogen) atoms. The third-order valence-electron chi connectivity index (χ3n) is 4.63. The molecule has 0 bridgehead atoms. The van der Waals surface area contributed by atoms with Gasteiger partial charge in [0.2, 0.25) is 0 Å². The number of benzene rings is 3. The van der Waals surface area contributed by atoms with Crippen molar-refractivity contribution in [1.29, 1.82) is 0 Å². The minimum absolute atomic E-state index is 0.236. The van der Waals surface area contributed by atoms with Gasteiger partial charge in [-0.25, -0.2) is 12.8 Å². The maximum Gasteiger partial charge on any atom is 0.184 e. The van der Waals surface area contributed by atoms with Crippen molar-refractivity contribution >= 4 is 32.3 Å². The van der Waals surface area contributed by atoms with Crippen LogP contribution in [0.25, 0.3) is 10.9 Å². The first kappa shape index (κ1) is 18.7. The molecule has 4 rings (SSSR count). The van der Waals surface area contributed by atoms with Crippen LogP contribution in [-0.2, 0) is 22.1 Å². The molecule has 6 heteroatoms. The first-order chi connectivity index (χ1) is 13.4. The molecule has 0 fully saturated rings. The van der Waals surface area contributed by atoms with E-state index >= 15 is 0 Å². The van der Waals surface area contributed by atoms with E-state index in [9.17, 15) is 12.8 Å². The number of hydrogen-bond donors (Lipinski definition) is 0. The second kappa shape index (κ2) is 7.41. The molecule has 4 aromatic rings. The summed E-state index contributed by atoms with van der Waals surface area (Å²) in [6.45, 7) is 0.454. The summed E-state index contributed by atoms with van der Waals surface area (Å²) in [7, 11) is -3.66.